The lowest BCUT2D eigenvalue weighted by molar-refractivity contribution is -0.00602. The van der Waals surface area contributed by atoms with Crippen molar-refractivity contribution in [3.05, 3.63) is 39.2 Å². The van der Waals surface area contributed by atoms with Gasteiger partial charge in [0.15, 0.2) is 5.75 Å². The molecule has 3 N–H and O–H groups in total. The number of carboxylic acids is 1. The Kier molecular flexibility index (Phi) is 4.36. The fourth-order valence-corrected chi connectivity index (χ4v) is 7.01. The van der Waals surface area contributed by atoms with Gasteiger partial charge < -0.3 is 24.5 Å². The van der Waals surface area contributed by atoms with Crippen LogP contribution >= 0.6 is 0 Å². The summed E-state index contributed by atoms with van der Waals surface area (Å²) in [4.78, 5) is 24.5. The number of aromatic hydroxyl groups is 2. The summed E-state index contributed by atoms with van der Waals surface area (Å²) >= 11 is 0. The summed E-state index contributed by atoms with van der Waals surface area (Å²) in [6.07, 6.45) is 7.29. The molecule has 164 valence electrons. The Morgan fingerprint density at radius 1 is 1.13 bits per heavy atom. The maximum Gasteiger partial charge on any atom is 0.340 e. The van der Waals surface area contributed by atoms with Crippen molar-refractivity contribution in [2.24, 2.45) is 17.8 Å². The molecule has 0 amide bonds. The zero-order valence-electron chi connectivity index (χ0n) is 17.6. The molecule has 0 radical (unpaired) electrons. The van der Waals surface area contributed by atoms with Crippen LogP contribution in [0.15, 0.2) is 21.5 Å². The van der Waals surface area contributed by atoms with Crippen molar-refractivity contribution >= 4 is 5.97 Å². The van der Waals surface area contributed by atoms with Crippen LogP contribution in [0.5, 0.6) is 17.2 Å². The first kappa shape index (κ1) is 20.0. The van der Waals surface area contributed by atoms with Crippen molar-refractivity contribution in [3.8, 4) is 28.6 Å². The van der Waals surface area contributed by atoms with Crippen molar-refractivity contribution in [1.29, 1.82) is 0 Å². The van der Waals surface area contributed by atoms with E-state index in [1.165, 1.54) is 26.4 Å². The van der Waals surface area contributed by atoms with Crippen LogP contribution in [0.3, 0.4) is 0 Å². The molecule has 7 heteroatoms. The van der Waals surface area contributed by atoms with Gasteiger partial charge in [0.25, 0.3) is 0 Å². The predicted octanol–water partition coefficient (Wildman–Crippen LogP) is 4.20. The van der Waals surface area contributed by atoms with Gasteiger partial charge in [0.05, 0.1) is 7.11 Å². The van der Waals surface area contributed by atoms with Gasteiger partial charge in [-0.25, -0.2) is 4.79 Å². The molecule has 0 spiro atoms. The van der Waals surface area contributed by atoms with E-state index in [2.05, 4.69) is 0 Å². The van der Waals surface area contributed by atoms with E-state index in [-0.39, 0.29) is 22.3 Å². The number of rotatable bonds is 4. The summed E-state index contributed by atoms with van der Waals surface area (Å²) in [5.41, 5.74) is 0.0118. The summed E-state index contributed by atoms with van der Waals surface area (Å²) in [5, 5.41) is 30.5. The van der Waals surface area contributed by atoms with Crippen molar-refractivity contribution in [2.75, 3.05) is 7.11 Å². The molecule has 4 aliphatic carbocycles. The normalized spacial score (nSPS) is 28.6. The number of methoxy groups -OCH3 is 1. The van der Waals surface area contributed by atoms with E-state index in [0.29, 0.717) is 29.1 Å². The predicted molar refractivity (Wildman–Crippen MR) is 112 cm³/mol. The Morgan fingerprint density at radius 3 is 2.19 bits per heavy atom. The summed E-state index contributed by atoms with van der Waals surface area (Å²) in [5.74, 6) is -0.0486. The van der Waals surface area contributed by atoms with Crippen LogP contribution in [-0.4, -0.2) is 28.4 Å². The molecule has 4 aliphatic rings. The molecule has 1 heterocycles. The molecule has 0 atom stereocenters. The summed E-state index contributed by atoms with van der Waals surface area (Å²) in [6, 6.07) is 1.09. The zero-order valence-corrected chi connectivity index (χ0v) is 17.6. The summed E-state index contributed by atoms with van der Waals surface area (Å²) in [7, 11) is 1.52. The molecule has 6 rings (SSSR count). The van der Waals surface area contributed by atoms with Crippen molar-refractivity contribution < 1.29 is 29.3 Å². The van der Waals surface area contributed by atoms with E-state index in [0.717, 1.165) is 37.2 Å². The quantitative estimate of drug-likeness (QED) is 0.671. The number of phenols is 1. The fraction of sp³-hybridized carbons (Fsp3) is 0.500. The fourth-order valence-electron chi connectivity index (χ4n) is 7.01. The first-order chi connectivity index (χ1) is 14.7. The zero-order chi connectivity index (χ0) is 22.1. The van der Waals surface area contributed by atoms with E-state index in [1.54, 1.807) is 6.92 Å². The molecular weight excluding hydrogens is 400 g/mol. The van der Waals surface area contributed by atoms with Crippen LogP contribution < -0.4 is 10.2 Å². The van der Waals surface area contributed by atoms with Crippen molar-refractivity contribution in [1.82, 2.24) is 0 Å². The molecule has 4 bridgehead atoms. The van der Waals surface area contributed by atoms with Crippen LogP contribution in [0, 0.1) is 24.7 Å². The monoisotopic (exact) mass is 426 g/mol. The van der Waals surface area contributed by atoms with E-state index in [1.807, 2.05) is 0 Å². The third-order valence-electron chi connectivity index (χ3n) is 7.70. The average Bonchev–Trinajstić information content (AvgIpc) is 2.70. The topological polar surface area (TPSA) is 117 Å². The van der Waals surface area contributed by atoms with Crippen LogP contribution in [0.4, 0.5) is 0 Å². The summed E-state index contributed by atoms with van der Waals surface area (Å²) in [6.45, 7) is 1.65. The molecule has 31 heavy (non-hydrogen) atoms. The Labute approximate surface area is 179 Å². The van der Waals surface area contributed by atoms with E-state index in [9.17, 15) is 24.9 Å². The maximum absolute atomic E-state index is 12.3. The average molecular weight is 426 g/mol. The number of hydrogen-bond acceptors (Lipinski definition) is 6. The van der Waals surface area contributed by atoms with Gasteiger partial charge in [0.1, 0.15) is 29.1 Å². The maximum atomic E-state index is 12.3. The van der Waals surface area contributed by atoms with Gasteiger partial charge in [-0.2, -0.15) is 0 Å². The highest BCUT2D eigenvalue weighted by atomic mass is 16.5. The van der Waals surface area contributed by atoms with E-state index in [4.69, 9.17) is 9.15 Å². The van der Waals surface area contributed by atoms with Crippen LogP contribution in [0.25, 0.3) is 11.3 Å². The van der Waals surface area contributed by atoms with Crippen molar-refractivity contribution in [2.45, 2.75) is 50.9 Å². The van der Waals surface area contributed by atoms with Crippen LogP contribution in [0.1, 0.15) is 60.0 Å². The highest BCUT2D eigenvalue weighted by Crippen LogP contribution is 2.64. The molecule has 0 saturated heterocycles. The SMILES string of the molecule is COc1c(C)c(O)c(C(=O)O)c(-c2cc(=O)c(O)co2)c1C12CC3CC(CC(C3)C1)C2. The lowest BCUT2D eigenvalue weighted by Crippen LogP contribution is -2.49. The second-order valence-electron chi connectivity index (χ2n) is 9.63. The van der Waals surface area contributed by atoms with Gasteiger partial charge in [-0.3, -0.25) is 4.79 Å². The third kappa shape index (κ3) is 2.86. The standard InChI is InChI=1S/C24H26O7/c1-11-21(27)19(23(28)29)18(17-6-15(25)16(26)10-31-17)20(22(11)30-2)24-7-12-3-13(8-24)5-14(4-12)9-24/h6,10,12-14,26-27H,3-5,7-9H2,1-2H3,(H,28,29). The summed E-state index contributed by atoms with van der Waals surface area (Å²) < 4.78 is 11.3. The smallest absolute Gasteiger partial charge is 0.340 e. The Balaban J connectivity index is 1.88. The van der Waals surface area contributed by atoms with Gasteiger partial charge in [-0.1, -0.05) is 0 Å². The molecule has 0 aliphatic heterocycles. The van der Waals surface area contributed by atoms with E-state index >= 15 is 0 Å². The second kappa shape index (κ2) is 6.77. The lowest BCUT2D eigenvalue weighted by atomic mass is 9.47. The molecule has 2 aromatic rings. The Bertz CT molecular complexity index is 1110. The number of carbonyl (C=O) groups is 1. The second-order valence-corrected chi connectivity index (χ2v) is 9.63. The molecule has 1 aromatic heterocycles. The van der Waals surface area contributed by atoms with Gasteiger partial charge in [0, 0.05) is 28.2 Å². The minimum Gasteiger partial charge on any atom is -0.507 e. The number of aromatic carboxylic acids is 1. The van der Waals surface area contributed by atoms with Gasteiger partial charge in [0.2, 0.25) is 5.43 Å². The Morgan fingerprint density at radius 2 is 1.71 bits per heavy atom. The number of carboxylic acid groups (broad SMARTS) is 1. The molecule has 1 aromatic carbocycles. The largest absolute Gasteiger partial charge is 0.507 e. The first-order valence-corrected chi connectivity index (χ1v) is 10.7. The molecular formula is C24H26O7. The molecule has 4 saturated carbocycles. The van der Waals surface area contributed by atoms with E-state index < -0.39 is 22.9 Å². The number of ether oxygens (including phenoxy) is 1. The van der Waals surface area contributed by atoms with Gasteiger partial charge in [-0.05, 0) is 63.2 Å². The lowest BCUT2D eigenvalue weighted by Gasteiger charge is -2.57. The first-order valence-electron chi connectivity index (χ1n) is 10.7. The molecule has 7 nitrogen and oxygen atoms in total. The molecule has 0 unspecified atom stereocenters. The number of benzene rings is 1. The van der Waals surface area contributed by atoms with Gasteiger partial charge >= 0.3 is 5.97 Å². The minimum atomic E-state index is -1.31. The minimum absolute atomic E-state index is 0.0135. The van der Waals surface area contributed by atoms with Crippen LogP contribution in [-0.2, 0) is 5.41 Å². The van der Waals surface area contributed by atoms with Gasteiger partial charge in [-0.15, -0.1) is 0 Å². The number of hydrogen-bond donors (Lipinski definition) is 3. The highest BCUT2D eigenvalue weighted by molar-refractivity contribution is 6.01. The van der Waals surface area contributed by atoms with Crippen LogP contribution in [0.2, 0.25) is 0 Å². The highest BCUT2D eigenvalue weighted by Gasteiger charge is 2.54. The Hall–Kier alpha value is -2.96. The third-order valence-corrected chi connectivity index (χ3v) is 7.70. The van der Waals surface area contributed by atoms with Crippen molar-refractivity contribution in [3.63, 3.8) is 0 Å². The molecule has 4 fully saturated rings.